The van der Waals surface area contributed by atoms with Crippen LogP contribution in [0, 0.1) is 6.08 Å². The van der Waals surface area contributed by atoms with E-state index in [4.69, 9.17) is 0 Å². The molecule has 15 heavy (non-hydrogen) atoms. The summed E-state index contributed by atoms with van der Waals surface area (Å²) in [5, 5.41) is 0. The Hall–Kier alpha value is -1.30. The first-order valence-electron chi connectivity index (χ1n) is 5.61. The van der Waals surface area contributed by atoms with Crippen LogP contribution in [0.4, 0.5) is 0 Å². The van der Waals surface area contributed by atoms with Gasteiger partial charge in [0.05, 0.1) is 0 Å². The van der Waals surface area contributed by atoms with Gasteiger partial charge >= 0.3 is 0 Å². The maximum atomic E-state index is 3.53. The van der Waals surface area contributed by atoms with Gasteiger partial charge in [0, 0.05) is 0 Å². The monoisotopic (exact) mass is 197 g/mol. The van der Waals surface area contributed by atoms with E-state index in [1.54, 1.807) is 0 Å². The molecule has 1 radical (unpaired) electrons. The van der Waals surface area contributed by atoms with Gasteiger partial charge in [0.15, 0.2) is 0 Å². The molecule has 0 saturated carbocycles. The lowest BCUT2D eigenvalue weighted by Crippen LogP contribution is -1.88. The Labute approximate surface area is 92.4 Å². The van der Waals surface area contributed by atoms with Crippen molar-refractivity contribution in [1.82, 2.24) is 0 Å². The van der Waals surface area contributed by atoms with Gasteiger partial charge in [-0.1, -0.05) is 36.8 Å². The molecule has 0 aromatic carbocycles. The lowest BCUT2D eigenvalue weighted by Gasteiger charge is -2.06. The fourth-order valence-electron chi connectivity index (χ4n) is 1.96. The zero-order valence-corrected chi connectivity index (χ0v) is 9.72. The molecule has 0 saturated heterocycles. The minimum atomic E-state index is 1.07. The summed E-state index contributed by atoms with van der Waals surface area (Å²) in [5.74, 6) is 0. The summed E-state index contributed by atoms with van der Waals surface area (Å²) in [4.78, 5) is 0. The molecular weight excluding hydrogens is 180 g/mol. The van der Waals surface area contributed by atoms with Crippen molar-refractivity contribution in [1.29, 1.82) is 0 Å². The Morgan fingerprint density at radius 2 is 2.20 bits per heavy atom. The maximum absolute atomic E-state index is 3.53. The van der Waals surface area contributed by atoms with Crippen LogP contribution in [0.5, 0.6) is 0 Å². The van der Waals surface area contributed by atoms with Gasteiger partial charge in [-0.25, -0.2) is 0 Å². The lowest BCUT2D eigenvalue weighted by atomic mass is 9.98. The Bertz CT molecular complexity index is 419. The molecule has 0 heterocycles. The highest BCUT2D eigenvalue weighted by atomic mass is 14.2. The predicted molar refractivity (Wildman–Crippen MR) is 65.3 cm³/mol. The van der Waals surface area contributed by atoms with Crippen molar-refractivity contribution in [2.75, 3.05) is 0 Å². The number of rotatable bonds is 2. The zero-order chi connectivity index (χ0) is 10.8. The lowest BCUT2D eigenvalue weighted by molar-refractivity contribution is 1.10. The molecule has 0 atom stereocenters. The van der Waals surface area contributed by atoms with E-state index in [9.17, 15) is 0 Å². The van der Waals surface area contributed by atoms with E-state index in [1.807, 2.05) is 0 Å². The molecule has 2 aliphatic carbocycles. The van der Waals surface area contributed by atoms with Crippen molar-refractivity contribution in [3.63, 3.8) is 0 Å². The standard InChI is InChI=1S/C15H17/c1-4-12-9-14(11(2)3)10-15(12)13-7-5-6-8-13/h5-7,9H,4,8H2,1-3H3. The summed E-state index contributed by atoms with van der Waals surface area (Å²) in [6.07, 6.45) is 14.5. The van der Waals surface area contributed by atoms with Gasteiger partial charge in [-0.05, 0) is 55.1 Å². The van der Waals surface area contributed by atoms with Crippen LogP contribution < -0.4 is 0 Å². The third-order valence-electron chi connectivity index (χ3n) is 2.91. The first-order valence-corrected chi connectivity index (χ1v) is 5.61. The Morgan fingerprint density at radius 1 is 1.40 bits per heavy atom. The van der Waals surface area contributed by atoms with Crippen LogP contribution in [0.2, 0.25) is 0 Å². The summed E-state index contributed by atoms with van der Waals surface area (Å²) in [6, 6.07) is 0. The molecule has 2 aliphatic rings. The van der Waals surface area contributed by atoms with E-state index >= 15 is 0 Å². The van der Waals surface area contributed by atoms with Crippen molar-refractivity contribution in [3.8, 4) is 0 Å². The van der Waals surface area contributed by atoms with Gasteiger partial charge in [0.2, 0.25) is 0 Å². The van der Waals surface area contributed by atoms with Crippen LogP contribution >= 0.6 is 0 Å². The van der Waals surface area contributed by atoms with Gasteiger partial charge < -0.3 is 0 Å². The minimum absolute atomic E-state index is 1.07. The summed E-state index contributed by atoms with van der Waals surface area (Å²) >= 11 is 0. The minimum Gasteiger partial charge on any atom is -0.0801 e. The van der Waals surface area contributed by atoms with E-state index in [0.29, 0.717) is 0 Å². The molecule has 0 aromatic rings. The quantitative estimate of drug-likeness (QED) is 0.619. The van der Waals surface area contributed by atoms with E-state index < -0.39 is 0 Å². The summed E-state index contributed by atoms with van der Waals surface area (Å²) < 4.78 is 0. The fraction of sp³-hybridized carbons (Fsp3) is 0.333. The van der Waals surface area contributed by atoms with Crippen LogP contribution in [0.3, 0.4) is 0 Å². The molecule has 0 heteroatoms. The van der Waals surface area contributed by atoms with Crippen molar-refractivity contribution < 1.29 is 0 Å². The smallest absolute Gasteiger partial charge is 0.00215 e. The van der Waals surface area contributed by atoms with Crippen LogP contribution in [0.25, 0.3) is 0 Å². The Balaban J connectivity index is 2.37. The highest BCUT2D eigenvalue weighted by Gasteiger charge is 2.16. The predicted octanol–water partition coefficient (Wildman–Crippen LogP) is 4.29. The van der Waals surface area contributed by atoms with Gasteiger partial charge in [-0.2, -0.15) is 0 Å². The topological polar surface area (TPSA) is 0 Å². The van der Waals surface area contributed by atoms with E-state index in [2.05, 4.69) is 51.2 Å². The molecule has 0 fully saturated rings. The average Bonchev–Trinajstić information content (AvgIpc) is 2.86. The molecule has 2 rings (SSSR count). The molecule has 0 aromatic heterocycles. The first-order chi connectivity index (χ1) is 7.22. The van der Waals surface area contributed by atoms with Crippen molar-refractivity contribution in [3.05, 3.63) is 58.2 Å². The van der Waals surface area contributed by atoms with E-state index in [0.717, 1.165) is 12.8 Å². The fourth-order valence-corrected chi connectivity index (χ4v) is 1.96. The van der Waals surface area contributed by atoms with Gasteiger partial charge in [0.1, 0.15) is 0 Å². The summed E-state index contributed by atoms with van der Waals surface area (Å²) in [7, 11) is 0. The second kappa shape index (κ2) is 4.06. The number of hydrogen-bond donors (Lipinski definition) is 0. The van der Waals surface area contributed by atoms with Gasteiger partial charge in [0.25, 0.3) is 0 Å². The molecule has 0 bridgehead atoms. The summed E-state index contributed by atoms with van der Waals surface area (Å²) in [5.41, 5.74) is 6.80. The molecule has 0 spiro atoms. The normalized spacial score (nSPS) is 19.1. The largest absolute Gasteiger partial charge is 0.0801 e. The molecule has 0 amide bonds. The molecule has 0 aliphatic heterocycles. The van der Waals surface area contributed by atoms with Gasteiger partial charge in [-0.15, -0.1) is 0 Å². The Kier molecular flexibility index (Phi) is 2.77. The van der Waals surface area contributed by atoms with Crippen LogP contribution in [0.15, 0.2) is 52.2 Å². The highest BCUT2D eigenvalue weighted by molar-refractivity contribution is 5.59. The van der Waals surface area contributed by atoms with Crippen LogP contribution in [-0.4, -0.2) is 0 Å². The number of hydrogen-bond acceptors (Lipinski definition) is 0. The molecule has 0 nitrogen and oxygen atoms in total. The molecule has 77 valence electrons. The van der Waals surface area contributed by atoms with Crippen molar-refractivity contribution >= 4 is 0 Å². The number of allylic oxidation sites excluding steroid dienone is 10. The summed E-state index contributed by atoms with van der Waals surface area (Å²) in [6.45, 7) is 6.51. The SMILES string of the molecule is CCC1=CC(=C(C)C)[C]=C1C1=CC=CC1. The van der Waals surface area contributed by atoms with Gasteiger partial charge in [-0.3, -0.25) is 0 Å². The van der Waals surface area contributed by atoms with Crippen LogP contribution in [-0.2, 0) is 0 Å². The second-order valence-electron chi connectivity index (χ2n) is 4.26. The zero-order valence-electron chi connectivity index (χ0n) is 9.72. The maximum Gasteiger partial charge on any atom is -0.00215 e. The van der Waals surface area contributed by atoms with Crippen molar-refractivity contribution in [2.24, 2.45) is 0 Å². The van der Waals surface area contributed by atoms with Crippen LogP contribution in [0.1, 0.15) is 33.6 Å². The third-order valence-corrected chi connectivity index (χ3v) is 2.91. The van der Waals surface area contributed by atoms with E-state index in [-0.39, 0.29) is 0 Å². The average molecular weight is 197 g/mol. The third kappa shape index (κ3) is 1.90. The first kappa shape index (κ1) is 10.2. The molecular formula is C15H17. The highest BCUT2D eigenvalue weighted by Crippen LogP contribution is 2.34. The molecule has 0 N–H and O–H groups in total. The van der Waals surface area contributed by atoms with E-state index in [1.165, 1.54) is 27.9 Å². The Morgan fingerprint density at radius 3 is 2.73 bits per heavy atom. The van der Waals surface area contributed by atoms with Crippen molar-refractivity contribution in [2.45, 2.75) is 33.6 Å². The molecule has 0 unspecified atom stereocenters. The second-order valence-corrected chi connectivity index (χ2v) is 4.26.